The fourth-order valence-electron chi connectivity index (χ4n) is 1.72. The van der Waals surface area contributed by atoms with Crippen molar-refractivity contribution in [1.82, 2.24) is 4.90 Å². The summed E-state index contributed by atoms with van der Waals surface area (Å²) in [6.07, 6.45) is 1.33. The van der Waals surface area contributed by atoms with Crippen LogP contribution in [0.5, 0.6) is 0 Å². The van der Waals surface area contributed by atoms with E-state index < -0.39 is 17.8 Å². The number of anilines is 1. The second-order valence-electron chi connectivity index (χ2n) is 4.58. The summed E-state index contributed by atoms with van der Waals surface area (Å²) in [4.78, 5) is 34.9. The van der Waals surface area contributed by atoms with E-state index in [0.717, 1.165) is 23.1 Å². The number of nitrogens with zero attached hydrogens (tertiary/aromatic N) is 1. The number of hydrogen-bond acceptors (Lipinski definition) is 3. The number of amides is 2. The van der Waals surface area contributed by atoms with E-state index in [2.05, 4.69) is 5.32 Å². The van der Waals surface area contributed by atoms with Crippen LogP contribution in [-0.4, -0.2) is 40.9 Å². The van der Waals surface area contributed by atoms with Crippen LogP contribution in [0.1, 0.15) is 24.2 Å². The van der Waals surface area contributed by atoms with Crippen molar-refractivity contribution < 1.29 is 23.9 Å². The molecule has 0 heterocycles. The first-order chi connectivity index (χ1) is 10.8. The van der Waals surface area contributed by atoms with E-state index in [0.29, 0.717) is 0 Å². The minimum atomic E-state index is -1.10. The Morgan fingerprint density at radius 1 is 1.39 bits per heavy atom. The van der Waals surface area contributed by atoms with Gasteiger partial charge in [0, 0.05) is 24.7 Å². The maximum absolute atomic E-state index is 13.7. The Hall–Kier alpha value is -2.41. The van der Waals surface area contributed by atoms with Crippen molar-refractivity contribution >= 4 is 35.1 Å². The van der Waals surface area contributed by atoms with Crippen LogP contribution in [0.2, 0.25) is 5.02 Å². The summed E-state index contributed by atoms with van der Waals surface area (Å²) in [7, 11) is 0. The van der Waals surface area contributed by atoms with Gasteiger partial charge in [0.25, 0.3) is 0 Å². The van der Waals surface area contributed by atoms with E-state index in [-0.39, 0.29) is 35.1 Å². The molecule has 0 radical (unpaired) electrons. The van der Waals surface area contributed by atoms with Crippen molar-refractivity contribution in [3.8, 4) is 0 Å². The van der Waals surface area contributed by atoms with E-state index in [4.69, 9.17) is 16.7 Å². The lowest BCUT2D eigenvalue weighted by molar-refractivity contribution is -0.112. The summed E-state index contributed by atoms with van der Waals surface area (Å²) in [6.45, 7) is 3.24. The molecule has 2 amide bonds. The van der Waals surface area contributed by atoms with Crippen LogP contribution in [0.3, 0.4) is 0 Å². The lowest BCUT2D eigenvalue weighted by Crippen LogP contribution is -2.29. The molecular weight excluding hydrogens is 327 g/mol. The number of benzene rings is 1. The van der Waals surface area contributed by atoms with Crippen molar-refractivity contribution in [2.45, 2.75) is 13.8 Å². The SMILES string of the molecule is CCN(CC=CC(=O)Nc1cc(C(C)=O)c(Cl)cc1F)C(=O)O. The summed E-state index contributed by atoms with van der Waals surface area (Å²) in [5.41, 5.74) is -0.0878. The average Bonchev–Trinajstić information content (AvgIpc) is 2.45. The zero-order valence-electron chi connectivity index (χ0n) is 12.6. The summed E-state index contributed by atoms with van der Waals surface area (Å²) in [5.74, 6) is -1.79. The van der Waals surface area contributed by atoms with E-state index in [1.165, 1.54) is 13.0 Å². The van der Waals surface area contributed by atoms with Gasteiger partial charge in [0.2, 0.25) is 5.91 Å². The van der Waals surface area contributed by atoms with Gasteiger partial charge in [-0.3, -0.25) is 9.59 Å². The van der Waals surface area contributed by atoms with Crippen molar-refractivity contribution in [2.24, 2.45) is 0 Å². The number of hydrogen-bond donors (Lipinski definition) is 2. The first-order valence-electron chi connectivity index (χ1n) is 6.71. The average molecular weight is 343 g/mol. The lowest BCUT2D eigenvalue weighted by Gasteiger charge is -2.13. The molecule has 0 aliphatic heterocycles. The zero-order chi connectivity index (χ0) is 17.6. The van der Waals surface area contributed by atoms with Gasteiger partial charge < -0.3 is 15.3 Å². The summed E-state index contributed by atoms with van der Waals surface area (Å²) in [6, 6.07) is 2.10. The van der Waals surface area contributed by atoms with E-state index in [9.17, 15) is 18.8 Å². The van der Waals surface area contributed by atoms with E-state index in [1.54, 1.807) is 6.92 Å². The molecule has 0 spiro atoms. The second-order valence-corrected chi connectivity index (χ2v) is 4.99. The fraction of sp³-hybridized carbons (Fsp3) is 0.267. The third-order valence-electron chi connectivity index (χ3n) is 2.94. The summed E-state index contributed by atoms with van der Waals surface area (Å²) in [5, 5.41) is 11.1. The number of nitrogens with one attached hydrogen (secondary N) is 1. The number of carboxylic acid groups (broad SMARTS) is 1. The van der Waals surface area contributed by atoms with Gasteiger partial charge in [-0.05, 0) is 26.0 Å². The maximum atomic E-state index is 13.7. The van der Waals surface area contributed by atoms with Gasteiger partial charge in [-0.2, -0.15) is 0 Å². The predicted octanol–water partition coefficient (Wildman–Crippen LogP) is 3.18. The first-order valence-corrected chi connectivity index (χ1v) is 7.09. The van der Waals surface area contributed by atoms with Crippen molar-refractivity contribution in [3.05, 3.63) is 40.7 Å². The van der Waals surface area contributed by atoms with Gasteiger partial charge in [-0.25, -0.2) is 9.18 Å². The van der Waals surface area contributed by atoms with Gasteiger partial charge in [0.1, 0.15) is 5.82 Å². The van der Waals surface area contributed by atoms with Crippen LogP contribution in [0.25, 0.3) is 0 Å². The molecule has 0 unspecified atom stereocenters. The van der Waals surface area contributed by atoms with Crippen LogP contribution in [0, 0.1) is 5.82 Å². The van der Waals surface area contributed by atoms with Crippen LogP contribution in [0.15, 0.2) is 24.3 Å². The third-order valence-corrected chi connectivity index (χ3v) is 3.25. The molecule has 1 aromatic rings. The van der Waals surface area contributed by atoms with E-state index in [1.807, 2.05) is 0 Å². The molecule has 0 fully saturated rings. The van der Waals surface area contributed by atoms with Gasteiger partial charge in [-0.1, -0.05) is 17.7 Å². The van der Waals surface area contributed by atoms with Crippen LogP contribution < -0.4 is 5.32 Å². The molecule has 0 saturated carbocycles. The van der Waals surface area contributed by atoms with Crippen LogP contribution in [-0.2, 0) is 4.79 Å². The fourth-order valence-corrected chi connectivity index (χ4v) is 2.00. The molecule has 0 bridgehead atoms. The minimum absolute atomic E-state index is 0.0288. The number of Topliss-reactive ketones (excluding diaryl/α,β-unsaturated/α-hetero) is 1. The predicted molar refractivity (Wildman–Crippen MR) is 84.5 cm³/mol. The molecule has 1 aromatic carbocycles. The third kappa shape index (κ3) is 5.37. The molecule has 0 aliphatic carbocycles. The number of ketones is 1. The first kappa shape index (κ1) is 18.6. The minimum Gasteiger partial charge on any atom is -0.465 e. The Balaban J connectivity index is 2.80. The highest BCUT2D eigenvalue weighted by Crippen LogP contribution is 2.24. The highest BCUT2D eigenvalue weighted by molar-refractivity contribution is 6.34. The van der Waals surface area contributed by atoms with Crippen molar-refractivity contribution in [2.75, 3.05) is 18.4 Å². The Kier molecular flexibility index (Phi) is 6.71. The number of carbonyl (C=O) groups excluding carboxylic acids is 2. The second kappa shape index (κ2) is 8.28. The molecule has 2 N–H and O–H groups in total. The van der Waals surface area contributed by atoms with Crippen molar-refractivity contribution in [3.63, 3.8) is 0 Å². The standard InChI is InChI=1S/C15H16ClFN2O4/c1-3-19(15(22)23)6-4-5-14(21)18-13-7-10(9(2)20)11(16)8-12(13)17/h4-5,7-8H,3,6H2,1-2H3,(H,18,21)(H,22,23). The Morgan fingerprint density at radius 3 is 2.57 bits per heavy atom. The molecular formula is C15H16ClFN2O4. The Morgan fingerprint density at radius 2 is 2.04 bits per heavy atom. The molecule has 0 aliphatic rings. The van der Waals surface area contributed by atoms with Gasteiger partial charge in [0.15, 0.2) is 5.78 Å². The highest BCUT2D eigenvalue weighted by Gasteiger charge is 2.13. The van der Waals surface area contributed by atoms with Gasteiger partial charge in [-0.15, -0.1) is 0 Å². The Bertz CT molecular complexity index is 661. The molecule has 1 rings (SSSR count). The Labute approximate surface area is 137 Å². The lowest BCUT2D eigenvalue weighted by atomic mass is 10.1. The monoisotopic (exact) mass is 342 g/mol. The molecule has 124 valence electrons. The molecule has 8 heteroatoms. The molecule has 6 nitrogen and oxygen atoms in total. The van der Waals surface area contributed by atoms with Gasteiger partial charge in [0.05, 0.1) is 10.7 Å². The normalized spacial score (nSPS) is 10.6. The number of rotatable bonds is 6. The molecule has 0 atom stereocenters. The van der Waals surface area contributed by atoms with Gasteiger partial charge >= 0.3 is 6.09 Å². The topological polar surface area (TPSA) is 86.7 Å². The molecule has 0 aromatic heterocycles. The number of halogens is 2. The molecule has 0 saturated heterocycles. The van der Waals surface area contributed by atoms with Crippen molar-refractivity contribution in [1.29, 1.82) is 0 Å². The highest BCUT2D eigenvalue weighted by atomic mass is 35.5. The largest absolute Gasteiger partial charge is 0.465 e. The maximum Gasteiger partial charge on any atom is 0.407 e. The number of carbonyl (C=O) groups is 3. The molecule has 23 heavy (non-hydrogen) atoms. The smallest absolute Gasteiger partial charge is 0.407 e. The van der Waals surface area contributed by atoms with Crippen LogP contribution >= 0.6 is 11.6 Å². The van der Waals surface area contributed by atoms with E-state index >= 15 is 0 Å². The zero-order valence-corrected chi connectivity index (χ0v) is 13.4. The summed E-state index contributed by atoms with van der Waals surface area (Å²) < 4.78 is 13.7. The quantitative estimate of drug-likeness (QED) is 0.614. The summed E-state index contributed by atoms with van der Waals surface area (Å²) >= 11 is 5.75. The number of likely N-dealkylation sites (N-methyl/N-ethyl adjacent to an activating group) is 1. The van der Waals surface area contributed by atoms with Crippen LogP contribution in [0.4, 0.5) is 14.9 Å².